The minimum absolute atomic E-state index is 0.297. The van der Waals surface area contributed by atoms with Gasteiger partial charge in [-0.2, -0.15) is 0 Å². The molecule has 10 aliphatic heterocycles. The SMILES string of the molecule is CC(C)[C@@]12SS[C@]3(C(=O)N1C)[C@@H](O)[C@]1(C45c6ccccc6N[C@H]4N4C(=O)[C@@]6(CO)SS[C@@]4(C(=O)N6C)[C@H]5O)c4ccccc4N[C@@H]1N3C2=O. The van der Waals surface area contributed by atoms with E-state index in [1.807, 2.05) is 56.3 Å². The van der Waals surface area contributed by atoms with Crippen LogP contribution in [0.3, 0.4) is 0 Å². The third-order valence-corrected chi connectivity index (χ3v) is 20.2. The molecule has 4 amide bonds. The third kappa shape index (κ3) is 2.63. The highest BCUT2D eigenvalue weighted by Gasteiger charge is 2.93. The van der Waals surface area contributed by atoms with Crippen LogP contribution in [-0.4, -0.2) is 123 Å². The van der Waals surface area contributed by atoms with Crippen LogP contribution < -0.4 is 10.6 Å². The maximum absolute atomic E-state index is 15.1. The normalized spacial score (nSPS) is 45.0. The van der Waals surface area contributed by atoms with Crippen LogP contribution in [0.25, 0.3) is 0 Å². The molecule has 256 valence electrons. The summed E-state index contributed by atoms with van der Waals surface area (Å²) in [5, 5.41) is 44.5. The van der Waals surface area contributed by atoms with Gasteiger partial charge in [0.2, 0.25) is 14.6 Å². The molecule has 17 heteroatoms. The Kier molecular flexibility index (Phi) is 5.67. The number of aliphatic hydroxyl groups excluding tert-OH is 3. The molecule has 49 heavy (non-hydrogen) atoms. The first kappa shape index (κ1) is 31.0. The average molecular weight is 741 g/mol. The maximum Gasteiger partial charge on any atom is 0.265 e. The lowest BCUT2D eigenvalue weighted by molar-refractivity contribution is -0.169. The summed E-state index contributed by atoms with van der Waals surface area (Å²) in [4.78, 5) is 58.4. The van der Waals surface area contributed by atoms with Gasteiger partial charge < -0.3 is 35.8 Å². The predicted molar refractivity (Wildman–Crippen MR) is 186 cm³/mol. The monoisotopic (exact) mass is 740 g/mol. The number of anilines is 2. The summed E-state index contributed by atoms with van der Waals surface area (Å²) in [6.07, 6.45) is -5.53. The first-order chi connectivity index (χ1) is 23.3. The Hall–Kier alpha value is -2.80. The number of nitrogens with one attached hydrogen (secondary N) is 2. The van der Waals surface area contributed by atoms with Crippen molar-refractivity contribution in [3.8, 4) is 0 Å². The van der Waals surface area contributed by atoms with Crippen molar-refractivity contribution in [3.05, 3.63) is 59.7 Å². The van der Waals surface area contributed by atoms with Crippen LogP contribution in [0, 0.1) is 5.92 Å². The zero-order valence-corrected chi connectivity index (χ0v) is 29.9. The smallest absolute Gasteiger partial charge is 0.265 e. The second-order valence-corrected chi connectivity index (χ2v) is 19.5. The Labute approximate surface area is 296 Å². The van der Waals surface area contributed by atoms with Gasteiger partial charge in [0.05, 0.1) is 17.4 Å². The molecule has 10 aliphatic rings. The fourth-order valence-electron chi connectivity index (χ4n) is 10.5. The molecule has 4 bridgehead atoms. The van der Waals surface area contributed by atoms with Gasteiger partial charge in [0.25, 0.3) is 23.6 Å². The molecular weight excluding hydrogens is 709 g/mol. The molecule has 10 heterocycles. The fourth-order valence-corrected chi connectivity index (χ4v) is 18.4. The first-order valence-corrected chi connectivity index (χ1v) is 20.3. The highest BCUT2D eigenvalue weighted by molar-refractivity contribution is 8.78. The molecule has 10 atom stereocenters. The van der Waals surface area contributed by atoms with Crippen LogP contribution in [-0.2, 0) is 30.0 Å². The van der Waals surface area contributed by atoms with Crippen molar-refractivity contribution in [2.75, 3.05) is 31.3 Å². The van der Waals surface area contributed by atoms with Gasteiger partial charge in [0.1, 0.15) is 24.5 Å². The van der Waals surface area contributed by atoms with Crippen LogP contribution in [0.5, 0.6) is 0 Å². The zero-order valence-electron chi connectivity index (χ0n) is 26.6. The van der Waals surface area contributed by atoms with Gasteiger partial charge in [0.15, 0.2) is 4.87 Å². The highest BCUT2D eigenvalue weighted by atomic mass is 33.1. The van der Waals surface area contributed by atoms with E-state index in [-0.39, 0.29) is 11.8 Å². The number of likely N-dealkylation sites (N-methyl/N-ethyl adjacent to an activating group) is 2. The Morgan fingerprint density at radius 1 is 0.694 bits per heavy atom. The number of para-hydroxylation sites is 2. The van der Waals surface area contributed by atoms with Gasteiger partial charge in [-0.1, -0.05) is 61.0 Å². The molecule has 1 unspecified atom stereocenters. The summed E-state index contributed by atoms with van der Waals surface area (Å²) in [7, 11) is 7.57. The van der Waals surface area contributed by atoms with Crippen molar-refractivity contribution in [1.29, 1.82) is 0 Å². The Balaban J connectivity index is 1.34. The number of amides is 4. The molecule has 13 nitrogen and oxygen atoms in total. The second-order valence-electron chi connectivity index (χ2n) is 14.3. The summed E-state index contributed by atoms with van der Waals surface area (Å²) in [6.45, 7) is 3.13. The van der Waals surface area contributed by atoms with E-state index in [1.54, 1.807) is 13.1 Å². The minimum Gasteiger partial charge on any atom is -0.392 e. The third-order valence-electron chi connectivity index (χ3n) is 12.7. The molecule has 5 N–H and O–H groups in total. The van der Waals surface area contributed by atoms with Gasteiger partial charge in [0, 0.05) is 25.5 Å². The molecule has 0 radical (unpaired) electrons. The van der Waals surface area contributed by atoms with Crippen molar-refractivity contribution >= 4 is 78.2 Å². The van der Waals surface area contributed by atoms with Crippen molar-refractivity contribution in [1.82, 2.24) is 19.6 Å². The van der Waals surface area contributed by atoms with E-state index in [0.717, 1.165) is 21.6 Å². The summed E-state index contributed by atoms with van der Waals surface area (Å²) < 4.78 is 0. The van der Waals surface area contributed by atoms with E-state index in [0.29, 0.717) is 22.5 Å². The molecule has 0 aliphatic carbocycles. The van der Waals surface area contributed by atoms with Crippen LogP contribution in [0.1, 0.15) is 25.0 Å². The molecule has 2 aromatic carbocycles. The van der Waals surface area contributed by atoms with E-state index in [2.05, 4.69) is 10.6 Å². The van der Waals surface area contributed by atoms with E-state index in [9.17, 15) is 29.7 Å². The Bertz CT molecular complexity index is 1980. The number of nitrogens with zero attached hydrogens (tertiary/aromatic N) is 4. The number of piperazine rings is 2. The number of benzene rings is 2. The first-order valence-electron chi connectivity index (χ1n) is 16.0. The van der Waals surface area contributed by atoms with Gasteiger partial charge in [-0.15, -0.1) is 0 Å². The van der Waals surface area contributed by atoms with E-state index in [4.69, 9.17) is 0 Å². The van der Waals surface area contributed by atoms with Gasteiger partial charge >= 0.3 is 0 Å². The average Bonchev–Trinajstić information content (AvgIpc) is 3.75. The number of hydrogen-bond donors (Lipinski definition) is 5. The van der Waals surface area contributed by atoms with E-state index < -0.39 is 79.2 Å². The number of hydrogen-bond acceptors (Lipinski definition) is 13. The minimum atomic E-state index is -1.87. The van der Waals surface area contributed by atoms with Crippen molar-refractivity contribution in [2.45, 2.75) is 68.7 Å². The lowest BCUT2D eigenvalue weighted by Gasteiger charge is -2.60. The number of fused-ring (bicyclic) bond motifs is 11. The predicted octanol–water partition coefficient (Wildman–Crippen LogP) is 0.939. The zero-order chi connectivity index (χ0) is 34.4. The van der Waals surface area contributed by atoms with Crippen LogP contribution >= 0.6 is 43.2 Å². The van der Waals surface area contributed by atoms with Gasteiger partial charge in [-0.05, 0) is 61.6 Å². The number of carbonyl (C=O) groups excluding carboxylic acids is 4. The van der Waals surface area contributed by atoms with Crippen molar-refractivity contribution < 1.29 is 34.5 Å². The Morgan fingerprint density at radius 3 is 1.67 bits per heavy atom. The summed E-state index contributed by atoms with van der Waals surface area (Å²) >= 11 is 0. The van der Waals surface area contributed by atoms with E-state index >= 15 is 4.79 Å². The molecule has 8 fully saturated rings. The largest absolute Gasteiger partial charge is 0.392 e. The molecular formula is C32H32N6O7S4. The molecule has 2 aromatic rings. The van der Waals surface area contributed by atoms with Gasteiger partial charge in [-0.3, -0.25) is 29.0 Å². The highest BCUT2D eigenvalue weighted by Crippen LogP contribution is 2.78. The maximum atomic E-state index is 15.1. The van der Waals surface area contributed by atoms with Crippen LogP contribution in [0.15, 0.2) is 48.5 Å². The molecule has 2 spiro atoms. The summed E-state index contributed by atoms with van der Waals surface area (Å²) in [6, 6.07) is 14.6. The summed E-state index contributed by atoms with van der Waals surface area (Å²) in [5.74, 6) is -2.18. The lowest BCUT2D eigenvalue weighted by atomic mass is 9.52. The standard InChI is InChI=1S/C32H32N6O7S4/c1-14(2)30-26(45)38-22-29(16-10-6-8-12-18(16)34-22,20(41)32(38,49-47-30)25(44)36(30)4)28-15-9-5-7-11-17(15)33-21(28)37-23(42)27(13-39)35(3)24(43)31(37,19(28)40)48-46-27/h5-12,14,19-22,33-34,39-41H,13H2,1-4H3/t19-,20-,21-,22+,27+,28?,29+,30-,31+,32-/m0/s1. The number of aliphatic hydroxyl groups is 3. The van der Waals surface area contributed by atoms with Crippen molar-refractivity contribution in [3.63, 3.8) is 0 Å². The van der Waals surface area contributed by atoms with Crippen LogP contribution in [0.2, 0.25) is 0 Å². The van der Waals surface area contributed by atoms with Crippen molar-refractivity contribution in [2.24, 2.45) is 5.92 Å². The molecule has 12 rings (SSSR count). The van der Waals surface area contributed by atoms with Gasteiger partial charge in [-0.25, -0.2) is 0 Å². The van der Waals surface area contributed by atoms with Crippen LogP contribution in [0.4, 0.5) is 11.4 Å². The fraction of sp³-hybridized carbons (Fsp3) is 0.500. The number of rotatable bonds is 3. The quantitative estimate of drug-likeness (QED) is 0.283. The van der Waals surface area contributed by atoms with E-state index in [1.165, 1.54) is 48.2 Å². The lowest BCUT2D eigenvalue weighted by Crippen LogP contribution is -2.79. The Morgan fingerprint density at radius 2 is 1.16 bits per heavy atom. The molecule has 0 aromatic heterocycles. The summed E-state index contributed by atoms with van der Waals surface area (Å²) in [5.41, 5.74) is -1.13. The number of carbonyl (C=O) groups is 4. The molecule has 0 saturated carbocycles. The second kappa shape index (κ2) is 8.97. The topological polar surface area (TPSA) is 166 Å². The molecule has 8 saturated heterocycles.